The molecule has 9 heavy (non-hydrogen) atoms. The number of allylic oxidation sites excluding steroid dienone is 2. The van der Waals surface area contributed by atoms with E-state index in [1.165, 1.54) is 12.8 Å². The molecule has 0 saturated heterocycles. The van der Waals surface area contributed by atoms with Crippen molar-refractivity contribution >= 4 is 0 Å². The summed E-state index contributed by atoms with van der Waals surface area (Å²) in [6.07, 6.45) is 8.63. The maximum Gasteiger partial charge on any atom is 0.0624 e. The number of hydrogen-bond acceptors (Lipinski definition) is 1. The maximum absolute atomic E-state index is 8.34. The standard InChI is InChI=1S/C8H11N/c9-7-6-8-4-2-1-3-5-8/h1-2,8H,3-6H2/t8-/m1/s1. The molecule has 1 nitrogen and oxygen atoms in total. The largest absolute Gasteiger partial charge is 0.198 e. The van der Waals surface area contributed by atoms with Crippen LogP contribution in [0.4, 0.5) is 0 Å². The molecule has 1 atom stereocenters. The van der Waals surface area contributed by atoms with E-state index in [1.54, 1.807) is 0 Å². The van der Waals surface area contributed by atoms with Gasteiger partial charge in [0.2, 0.25) is 0 Å². The van der Waals surface area contributed by atoms with Crippen LogP contribution in [-0.2, 0) is 0 Å². The van der Waals surface area contributed by atoms with E-state index in [0.717, 1.165) is 12.8 Å². The number of rotatable bonds is 1. The van der Waals surface area contributed by atoms with Crippen molar-refractivity contribution in [3.05, 3.63) is 12.2 Å². The predicted octanol–water partition coefficient (Wildman–Crippen LogP) is 2.26. The molecule has 0 aromatic carbocycles. The third-order valence-corrected chi connectivity index (χ3v) is 1.76. The molecule has 0 radical (unpaired) electrons. The summed E-state index contributed by atoms with van der Waals surface area (Å²) in [5.41, 5.74) is 0. The predicted molar refractivity (Wildman–Crippen MR) is 36.7 cm³/mol. The van der Waals surface area contributed by atoms with Crippen LogP contribution < -0.4 is 0 Å². The van der Waals surface area contributed by atoms with Crippen LogP contribution in [0, 0.1) is 17.2 Å². The van der Waals surface area contributed by atoms with Gasteiger partial charge in [0.05, 0.1) is 6.07 Å². The van der Waals surface area contributed by atoms with Crippen molar-refractivity contribution in [3.8, 4) is 6.07 Å². The molecule has 0 heterocycles. The van der Waals surface area contributed by atoms with Gasteiger partial charge in [-0.2, -0.15) is 5.26 Å². The molecule has 1 heteroatoms. The Morgan fingerprint density at radius 3 is 3.00 bits per heavy atom. The fraction of sp³-hybridized carbons (Fsp3) is 0.625. The Morgan fingerprint density at radius 1 is 1.56 bits per heavy atom. The van der Waals surface area contributed by atoms with Gasteiger partial charge in [0, 0.05) is 6.42 Å². The van der Waals surface area contributed by atoms with Crippen molar-refractivity contribution in [2.24, 2.45) is 5.92 Å². The summed E-state index contributed by atoms with van der Waals surface area (Å²) in [6, 6.07) is 2.20. The van der Waals surface area contributed by atoms with Gasteiger partial charge in [-0.3, -0.25) is 0 Å². The summed E-state index contributed by atoms with van der Waals surface area (Å²) in [5.74, 6) is 0.653. The van der Waals surface area contributed by atoms with Gasteiger partial charge in [-0.15, -0.1) is 0 Å². The molecule has 0 unspecified atom stereocenters. The van der Waals surface area contributed by atoms with E-state index in [4.69, 9.17) is 5.26 Å². The average molecular weight is 121 g/mol. The SMILES string of the molecule is N#CC[C@@H]1CC=CCC1. The van der Waals surface area contributed by atoms with Crippen LogP contribution in [0.5, 0.6) is 0 Å². The molecule has 0 saturated carbocycles. The Morgan fingerprint density at radius 2 is 2.44 bits per heavy atom. The zero-order valence-corrected chi connectivity index (χ0v) is 5.51. The van der Waals surface area contributed by atoms with Crippen molar-refractivity contribution in [1.82, 2.24) is 0 Å². The summed E-state index contributed by atoms with van der Waals surface area (Å²) in [4.78, 5) is 0. The summed E-state index contributed by atoms with van der Waals surface area (Å²) in [5, 5.41) is 8.34. The van der Waals surface area contributed by atoms with Crippen LogP contribution in [0.15, 0.2) is 12.2 Å². The van der Waals surface area contributed by atoms with Crippen LogP contribution in [0.1, 0.15) is 25.7 Å². The molecule has 1 rings (SSSR count). The van der Waals surface area contributed by atoms with E-state index >= 15 is 0 Å². The lowest BCUT2D eigenvalue weighted by molar-refractivity contribution is 0.490. The molecular formula is C8H11N. The monoisotopic (exact) mass is 121 g/mol. The Hall–Kier alpha value is -0.770. The Labute approximate surface area is 56.0 Å². The first kappa shape index (κ1) is 6.35. The third kappa shape index (κ3) is 1.89. The van der Waals surface area contributed by atoms with Crippen molar-refractivity contribution in [2.45, 2.75) is 25.7 Å². The normalized spacial score (nSPS) is 25.4. The van der Waals surface area contributed by atoms with Crippen molar-refractivity contribution in [2.75, 3.05) is 0 Å². The van der Waals surface area contributed by atoms with Crippen LogP contribution in [0.3, 0.4) is 0 Å². The van der Waals surface area contributed by atoms with Crippen molar-refractivity contribution in [3.63, 3.8) is 0 Å². The molecule has 0 aromatic rings. The smallest absolute Gasteiger partial charge is 0.0624 e. The maximum atomic E-state index is 8.34. The fourth-order valence-corrected chi connectivity index (χ4v) is 1.17. The average Bonchev–Trinajstić information content (AvgIpc) is 1.91. The van der Waals surface area contributed by atoms with E-state index < -0.39 is 0 Å². The van der Waals surface area contributed by atoms with Gasteiger partial charge in [0.1, 0.15) is 0 Å². The van der Waals surface area contributed by atoms with Gasteiger partial charge in [-0.05, 0) is 25.2 Å². The highest BCUT2D eigenvalue weighted by Gasteiger charge is 2.07. The second kappa shape index (κ2) is 3.29. The molecular weight excluding hydrogens is 110 g/mol. The van der Waals surface area contributed by atoms with Crippen LogP contribution in [0.2, 0.25) is 0 Å². The zero-order chi connectivity index (χ0) is 6.53. The number of nitrogens with zero attached hydrogens (tertiary/aromatic N) is 1. The highest BCUT2D eigenvalue weighted by atomic mass is 14.2. The molecule has 0 amide bonds. The minimum Gasteiger partial charge on any atom is -0.198 e. The first-order valence-electron chi connectivity index (χ1n) is 3.45. The summed E-state index contributed by atoms with van der Waals surface area (Å²) in [6.45, 7) is 0. The minimum atomic E-state index is 0.653. The topological polar surface area (TPSA) is 23.8 Å². The molecule has 0 fully saturated rings. The second-order valence-corrected chi connectivity index (χ2v) is 2.51. The molecule has 0 N–H and O–H groups in total. The molecule has 0 spiro atoms. The molecule has 48 valence electrons. The first-order chi connectivity index (χ1) is 4.43. The van der Waals surface area contributed by atoms with E-state index in [2.05, 4.69) is 18.2 Å². The van der Waals surface area contributed by atoms with E-state index in [-0.39, 0.29) is 0 Å². The van der Waals surface area contributed by atoms with Gasteiger partial charge >= 0.3 is 0 Å². The van der Waals surface area contributed by atoms with Crippen molar-refractivity contribution in [1.29, 1.82) is 5.26 Å². The number of hydrogen-bond donors (Lipinski definition) is 0. The van der Waals surface area contributed by atoms with E-state index in [1.807, 2.05) is 0 Å². The van der Waals surface area contributed by atoms with Crippen LogP contribution in [-0.4, -0.2) is 0 Å². The van der Waals surface area contributed by atoms with Crippen LogP contribution in [0.25, 0.3) is 0 Å². The number of nitriles is 1. The van der Waals surface area contributed by atoms with Gasteiger partial charge < -0.3 is 0 Å². The highest BCUT2D eigenvalue weighted by molar-refractivity contribution is 4.92. The summed E-state index contributed by atoms with van der Waals surface area (Å²) in [7, 11) is 0. The zero-order valence-electron chi connectivity index (χ0n) is 5.51. The van der Waals surface area contributed by atoms with E-state index in [9.17, 15) is 0 Å². The highest BCUT2D eigenvalue weighted by Crippen LogP contribution is 2.20. The van der Waals surface area contributed by atoms with Gasteiger partial charge in [0.15, 0.2) is 0 Å². The Bertz CT molecular complexity index is 141. The fourth-order valence-electron chi connectivity index (χ4n) is 1.17. The third-order valence-electron chi connectivity index (χ3n) is 1.76. The lowest BCUT2D eigenvalue weighted by atomic mass is 9.92. The quantitative estimate of drug-likeness (QED) is 0.488. The summed E-state index contributed by atoms with van der Waals surface area (Å²) >= 11 is 0. The van der Waals surface area contributed by atoms with Gasteiger partial charge in [-0.1, -0.05) is 12.2 Å². The molecule has 1 aliphatic carbocycles. The Balaban J connectivity index is 2.28. The lowest BCUT2D eigenvalue weighted by Crippen LogP contribution is -2.00. The molecule has 0 aliphatic heterocycles. The van der Waals surface area contributed by atoms with Gasteiger partial charge in [-0.25, -0.2) is 0 Å². The van der Waals surface area contributed by atoms with Gasteiger partial charge in [0.25, 0.3) is 0 Å². The molecule has 0 aromatic heterocycles. The second-order valence-electron chi connectivity index (χ2n) is 2.51. The first-order valence-corrected chi connectivity index (χ1v) is 3.45. The van der Waals surface area contributed by atoms with Crippen molar-refractivity contribution < 1.29 is 0 Å². The Kier molecular flexibility index (Phi) is 2.32. The lowest BCUT2D eigenvalue weighted by Gasteiger charge is -2.12. The minimum absolute atomic E-state index is 0.653. The van der Waals surface area contributed by atoms with E-state index in [0.29, 0.717) is 5.92 Å². The molecule has 1 aliphatic rings. The molecule has 0 bridgehead atoms. The summed E-state index contributed by atoms with van der Waals surface area (Å²) < 4.78 is 0. The van der Waals surface area contributed by atoms with Crippen LogP contribution >= 0.6 is 0 Å².